The first kappa shape index (κ1) is 19.5. The maximum atomic E-state index is 6.88. The molecule has 1 spiro atoms. The second-order valence-electron chi connectivity index (χ2n) is 10.2. The molecule has 172 valence electrons. The van der Waals surface area contributed by atoms with E-state index in [2.05, 4.69) is 115 Å². The lowest BCUT2D eigenvalue weighted by molar-refractivity contribution is 0.507. The number of fused-ring (bicyclic) bond motifs is 13. The number of rotatable bonds is 1. The average molecular weight is 472 g/mol. The van der Waals surface area contributed by atoms with Crippen LogP contribution in [0.2, 0.25) is 0 Å². The third kappa shape index (κ3) is 2.25. The normalized spacial score (nSPS) is 15.3. The summed E-state index contributed by atoms with van der Waals surface area (Å²) in [6.07, 6.45) is 0.845. The molecule has 2 nitrogen and oxygen atoms in total. The highest BCUT2D eigenvalue weighted by Gasteiger charge is 2.55. The zero-order valence-electron chi connectivity index (χ0n) is 20.0. The van der Waals surface area contributed by atoms with Crippen molar-refractivity contribution in [3.05, 3.63) is 149 Å². The first-order valence-electron chi connectivity index (χ1n) is 12.9. The lowest BCUT2D eigenvalue weighted by Crippen LogP contribution is -2.25. The van der Waals surface area contributed by atoms with Gasteiger partial charge in [-0.05, 0) is 51.1 Å². The molecule has 37 heavy (non-hydrogen) atoms. The molecule has 0 amide bonds. The van der Waals surface area contributed by atoms with Crippen molar-refractivity contribution in [2.45, 2.75) is 11.8 Å². The van der Waals surface area contributed by atoms with Crippen LogP contribution in [-0.2, 0) is 11.8 Å². The number of nitrogens with zero attached hydrogens (tertiary/aromatic N) is 1. The molecule has 2 heteroatoms. The molecule has 0 atom stereocenters. The van der Waals surface area contributed by atoms with Crippen LogP contribution in [0.1, 0.15) is 33.6 Å². The van der Waals surface area contributed by atoms with Crippen LogP contribution < -0.4 is 0 Å². The Hall–Kier alpha value is -4.69. The van der Waals surface area contributed by atoms with Crippen molar-refractivity contribution in [2.75, 3.05) is 0 Å². The van der Waals surface area contributed by atoms with Gasteiger partial charge in [-0.25, -0.2) is 0 Å². The number of hydrogen-bond acceptors (Lipinski definition) is 2. The molecule has 0 saturated heterocycles. The van der Waals surface area contributed by atoms with E-state index in [4.69, 9.17) is 9.41 Å². The molecule has 0 fully saturated rings. The Morgan fingerprint density at radius 3 is 2.03 bits per heavy atom. The van der Waals surface area contributed by atoms with Gasteiger partial charge in [0.15, 0.2) is 0 Å². The van der Waals surface area contributed by atoms with Crippen LogP contribution in [0.5, 0.6) is 0 Å². The maximum Gasteiger partial charge on any atom is 0.135 e. The minimum atomic E-state index is -0.487. The minimum Gasteiger partial charge on any atom is -0.459 e. The van der Waals surface area contributed by atoms with Gasteiger partial charge in [-0.15, -0.1) is 0 Å². The first-order valence-corrected chi connectivity index (χ1v) is 12.9. The maximum absolute atomic E-state index is 6.88. The molecule has 1 aromatic heterocycles. The summed E-state index contributed by atoms with van der Waals surface area (Å²) in [6.45, 7) is 0. The van der Waals surface area contributed by atoms with Crippen molar-refractivity contribution in [1.82, 2.24) is 0 Å². The van der Waals surface area contributed by atoms with Gasteiger partial charge in [0.2, 0.25) is 0 Å². The van der Waals surface area contributed by atoms with Crippen molar-refractivity contribution < 1.29 is 4.42 Å². The number of para-hydroxylation sites is 2. The third-order valence-electron chi connectivity index (χ3n) is 8.52. The summed E-state index contributed by atoms with van der Waals surface area (Å²) >= 11 is 0. The van der Waals surface area contributed by atoms with Crippen molar-refractivity contribution in [2.24, 2.45) is 4.99 Å². The van der Waals surface area contributed by atoms with Crippen LogP contribution >= 0.6 is 0 Å². The van der Waals surface area contributed by atoms with Gasteiger partial charge in [0.25, 0.3) is 0 Å². The molecule has 6 aromatic rings. The molecule has 9 rings (SSSR count). The highest BCUT2D eigenvalue weighted by Crippen LogP contribution is 2.65. The number of furan rings is 1. The quantitative estimate of drug-likeness (QED) is 0.236. The highest BCUT2D eigenvalue weighted by atomic mass is 16.3. The van der Waals surface area contributed by atoms with E-state index < -0.39 is 5.41 Å². The summed E-state index contributed by atoms with van der Waals surface area (Å²) in [5.41, 5.74) is 14.1. The zero-order chi connectivity index (χ0) is 24.1. The van der Waals surface area contributed by atoms with Gasteiger partial charge < -0.3 is 4.42 Å². The number of aliphatic imine (C=N–C) groups is 1. The Morgan fingerprint density at radius 1 is 0.568 bits per heavy atom. The summed E-state index contributed by atoms with van der Waals surface area (Å²) in [4.78, 5) is 5.13. The summed E-state index contributed by atoms with van der Waals surface area (Å²) < 4.78 is 6.88. The van der Waals surface area contributed by atoms with Crippen molar-refractivity contribution in [3.8, 4) is 22.3 Å². The van der Waals surface area contributed by atoms with Gasteiger partial charge in [0.05, 0.1) is 11.4 Å². The van der Waals surface area contributed by atoms with E-state index in [9.17, 15) is 0 Å². The van der Waals surface area contributed by atoms with Crippen molar-refractivity contribution in [1.29, 1.82) is 0 Å². The van der Waals surface area contributed by atoms with Crippen LogP contribution in [0.15, 0.2) is 125 Å². The van der Waals surface area contributed by atoms with Crippen LogP contribution in [0.4, 0.5) is 5.69 Å². The van der Waals surface area contributed by atoms with E-state index in [1.165, 1.54) is 55.5 Å². The molecule has 5 aromatic carbocycles. The van der Waals surface area contributed by atoms with Gasteiger partial charge in [0, 0.05) is 22.9 Å². The molecule has 0 saturated carbocycles. The second-order valence-corrected chi connectivity index (χ2v) is 10.2. The van der Waals surface area contributed by atoms with E-state index in [1.807, 2.05) is 0 Å². The average Bonchev–Trinajstić information content (AvgIpc) is 3.69. The largest absolute Gasteiger partial charge is 0.459 e. The zero-order valence-corrected chi connectivity index (χ0v) is 20.0. The fraction of sp³-hybridized carbons (Fsp3) is 0.0571. The van der Waals surface area contributed by atoms with Gasteiger partial charge >= 0.3 is 0 Å². The summed E-state index contributed by atoms with van der Waals surface area (Å²) in [5.74, 6) is 1.03. The van der Waals surface area contributed by atoms with Crippen LogP contribution in [0.3, 0.4) is 0 Å². The Labute approximate surface area is 214 Å². The minimum absolute atomic E-state index is 0.487. The standard InChI is InChI=1S/C35H21NO/c1-7-18-29-21(10-1)20-30(36-29)24-14-9-17-28-32(24)33-25-13-4-8-19-31(25)37-34(33)35(28)26-15-5-2-11-22(26)23-12-3-6-16-27(23)35/h1-19H,20H2. The van der Waals surface area contributed by atoms with E-state index in [0.717, 1.165) is 29.2 Å². The van der Waals surface area contributed by atoms with Crippen molar-refractivity contribution >= 4 is 22.4 Å². The Morgan fingerprint density at radius 2 is 1.22 bits per heavy atom. The molecular weight excluding hydrogens is 450 g/mol. The summed E-state index contributed by atoms with van der Waals surface area (Å²) in [7, 11) is 0. The van der Waals surface area contributed by atoms with Gasteiger partial charge in [-0.1, -0.05) is 103 Å². The molecular formula is C35H21NO. The van der Waals surface area contributed by atoms with E-state index in [0.29, 0.717) is 0 Å². The SMILES string of the molecule is c1ccc2c(c1)CC(c1cccc3c1-c1c(oc4ccccc14)C31c3ccccc3-c3ccccc31)=N2. The monoisotopic (exact) mass is 471 g/mol. The number of benzene rings is 5. The fourth-order valence-corrected chi connectivity index (χ4v) is 7.11. The second kappa shape index (κ2) is 6.74. The Balaban J connectivity index is 1.45. The third-order valence-corrected chi connectivity index (χ3v) is 8.52. The molecule has 3 aliphatic rings. The van der Waals surface area contributed by atoms with Crippen LogP contribution in [0.25, 0.3) is 33.2 Å². The lowest BCUT2D eigenvalue weighted by Gasteiger charge is -2.28. The lowest BCUT2D eigenvalue weighted by atomic mass is 9.73. The molecule has 0 unspecified atom stereocenters. The Bertz CT molecular complexity index is 1930. The molecule has 0 radical (unpaired) electrons. The molecule has 0 bridgehead atoms. The van der Waals surface area contributed by atoms with Crippen LogP contribution in [0, 0.1) is 0 Å². The highest BCUT2D eigenvalue weighted by molar-refractivity contribution is 6.16. The summed E-state index contributed by atoms with van der Waals surface area (Å²) in [5, 5.41) is 1.17. The Kier molecular flexibility index (Phi) is 3.55. The first-order chi connectivity index (χ1) is 18.4. The number of hydrogen-bond donors (Lipinski definition) is 0. The van der Waals surface area contributed by atoms with Crippen molar-refractivity contribution in [3.63, 3.8) is 0 Å². The van der Waals surface area contributed by atoms with Crippen LogP contribution in [-0.4, -0.2) is 5.71 Å². The van der Waals surface area contributed by atoms with E-state index >= 15 is 0 Å². The molecule has 2 heterocycles. The van der Waals surface area contributed by atoms with Gasteiger partial charge in [-0.3, -0.25) is 4.99 Å². The predicted molar refractivity (Wildman–Crippen MR) is 149 cm³/mol. The van der Waals surface area contributed by atoms with E-state index in [-0.39, 0.29) is 0 Å². The topological polar surface area (TPSA) is 25.5 Å². The summed E-state index contributed by atoms with van der Waals surface area (Å²) in [6, 6.07) is 41.4. The smallest absolute Gasteiger partial charge is 0.135 e. The molecule has 1 aliphatic heterocycles. The predicted octanol–water partition coefficient (Wildman–Crippen LogP) is 8.45. The molecule has 2 aliphatic carbocycles. The van der Waals surface area contributed by atoms with E-state index in [1.54, 1.807) is 0 Å². The molecule has 0 N–H and O–H groups in total. The van der Waals surface area contributed by atoms with Gasteiger partial charge in [0.1, 0.15) is 16.8 Å². The van der Waals surface area contributed by atoms with Gasteiger partial charge in [-0.2, -0.15) is 0 Å². The fourth-order valence-electron chi connectivity index (χ4n) is 7.11.